The third-order valence-corrected chi connectivity index (χ3v) is 8.60. The van der Waals surface area contributed by atoms with Gasteiger partial charge in [-0.05, 0) is 41.8 Å². The van der Waals surface area contributed by atoms with Gasteiger partial charge >= 0.3 is 6.18 Å². The quantitative estimate of drug-likeness (QED) is 0.152. The Kier molecular flexibility index (Phi) is 10.5. The average Bonchev–Trinajstić information content (AvgIpc) is 3.54. The molecular weight excluding hydrogens is 627 g/mol. The predicted molar refractivity (Wildman–Crippen MR) is 174 cm³/mol. The van der Waals surface area contributed by atoms with E-state index < -0.39 is 35.3 Å². The van der Waals surface area contributed by atoms with Crippen molar-refractivity contribution in [2.75, 3.05) is 6.61 Å². The number of hydrogen-bond donors (Lipinski definition) is 3. The van der Waals surface area contributed by atoms with E-state index in [1.54, 1.807) is 13.0 Å². The van der Waals surface area contributed by atoms with E-state index in [2.05, 4.69) is 15.0 Å². The summed E-state index contributed by atoms with van der Waals surface area (Å²) in [7, 11) is -1.51. The molecule has 0 amide bonds. The number of hydrogen-bond acceptors (Lipinski definition) is 6. The fraction of sp³-hybridized carbons (Fsp3) is 0.167. The number of aromatic nitrogens is 3. The average molecular weight is 660 g/mol. The molecule has 47 heavy (non-hydrogen) atoms. The van der Waals surface area contributed by atoms with Gasteiger partial charge in [0.1, 0.15) is 17.5 Å². The number of alkyl halides is 3. The molecular formula is C36H32F3N3O4S. The van der Waals surface area contributed by atoms with Gasteiger partial charge in [0.25, 0.3) is 0 Å². The Balaban J connectivity index is 0.000000186. The minimum Gasteiger partial charge on any atom is -0.484 e. The first kappa shape index (κ1) is 33.5. The second kappa shape index (κ2) is 14.7. The van der Waals surface area contributed by atoms with Crippen LogP contribution in [0.2, 0.25) is 0 Å². The minimum absolute atomic E-state index is 0.0227. The summed E-state index contributed by atoms with van der Waals surface area (Å²) in [6.45, 7) is 0.202. The van der Waals surface area contributed by atoms with E-state index in [4.69, 9.17) is 4.74 Å². The maximum atomic E-state index is 12.5. The van der Waals surface area contributed by atoms with Gasteiger partial charge in [0.2, 0.25) is 0 Å². The Labute approximate surface area is 272 Å². The lowest BCUT2D eigenvalue weighted by molar-refractivity contribution is -0.153. The van der Waals surface area contributed by atoms with Crippen molar-refractivity contribution in [2.45, 2.75) is 35.7 Å². The van der Waals surface area contributed by atoms with E-state index in [0.717, 1.165) is 5.52 Å². The Hall–Kier alpha value is -4.84. The summed E-state index contributed by atoms with van der Waals surface area (Å²) < 4.78 is 54.2. The molecule has 2 aromatic heterocycles. The van der Waals surface area contributed by atoms with Crippen LogP contribution >= 0.6 is 0 Å². The number of imidazole rings is 1. The summed E-state index contributed by atoms with van der Waals surface area (Å²) in [6.07, 6.45) is -4.14. The summed E-state index contributed by atoms with van der Waals surface area (Å²) >= 11 is 0. The van der Waals surface area contributed by atoms with Gasteiger partial charge in [0, 0.05) is 11.8 Å². The molecule has 0 saturated heterocycles. The van der Waals surface area contributed by atoms with Crippen LogP contribution < -0.4 is 4.74 Å². The number of para-hydroxylation sites is 2. The summed E-state index contributed by atoms with van der Waals surface area (Å²) in [4.78, 5) is 11.3. The van der Waals surface area contributed by atoms with Gasteiger partial charge in [-0.3, -0.25) is 9.19 Å². The fourth-order valence-corrected chi connectivity index (χ4v) is 6.09. The topological polar surface area (TPSA) is 108 Å². The normalized spacial score (nSPS) is 13.0. The number of H-pyrrole nitrogens is 1. The van der Waals surface area contributed by atoms with E-state index in [1.807, 2.05) is 109 Å². The van der Waals surface area contributed by atoms with Gasteiger partial charge in [-0.25, -0.2) is 4.98 Å². The fourth-order valence-electron chi connectivity index (χ4n) is 4.99. The number of aliphatic hydroxyl groups excluding tert-OH is 1. The SMILES string of the molecule is Cc1c(OCC(F)(F)F)ccnc1CS(=O)c1nc2ccccc2[nH]1.O[C@@H](c1ccccc1)C(O)(c1ccccc1)c1ccccc1. The summed E-state index contributed by atoms with van der Waals surface area (Å²) in [5.41, 5.74) is 2.79. The van der Waals surface area contributed by atoms with Crippen LogP contribution in [0.15, 0.2) is 133 Å². The van der Waals surface area contributed by atoms with E-state index >= 15 is 0 Å². The van der Waals surface area contributed by atoms with Crippen LogP contribution in [0.25, 0.3) is 11.0 Å². The zero-order valence-electron chi connectivity index (χ0n) is 25.3. The lowest BCUT2D eigenvalue weighted by Crippen LogP contribution is -2.35. The van der Waals surface area contributed by atoms with Crippen molar-refractivity contribution in [3.63, 3.8) is 0 Å². The van der Waals surface area contributed by atoms with Crippen LogP contribution in [0, 0.1) is 6.92 Å². The number of nitrogens with one attached hydrogen (secondary N) is 1. The molecule has 11 heteroatoms. The van der Waals surface area contributed by atoms with E-state index in [9.17, 15) is 27.6 Å². The monoisotopic (exact) mass is 659 g/mol. The first-order chi connectivity index (χ1) is 22.6. The van der Waals surface area contributed by atoms with Crippen LogP contribution in [-0.2, 0) is 22.2 Å². The largest absolute Gasteiger partial charge is 0.484 e. The van der Waals surface area contributed by atoms with Gasteiger partial charge in [-0.15, -0.1) is 0 Å². The third kappa shape index (κ3) is 8.12. The summed E-state index contributed by atoms with van der Waals surface area (Å²) in [5, 5.41) is 22.6. The van der Waals surface area contributed by atoms with Crippen LogP contribution in [0.4, 0.5) is 13.2 Å². The van der Waals surface area contributed by atoms with Crippen molar-refractivity contribution in [2.24, 2.45) is 0 Å². The first-order valence-corrected chi connectivity index (χ1v) is 15.9. The zero-order chi connectivity index (χ0) is 33.4. The van der Waals surface area contributed by atoms with Gasteiger partial charge in [0.15, 0.2) is 11.8 Å². The molecule has 0 radical (unpaired) electrons. The Bertz CT molecular complexity index is 1850. The molecule has 3 N–H and O–H groups in total. The molecule has 2 heterocycles. The highest BCUT2D eigenvalue weighted by atomic mass is 32.2. The maximum absolute atomic E-state index is 12.5. The second-order valence-corrected chi connectivity index (χ2v) is 12.0. The van der Waals surface area contributed by atoms with Gasteiger partial charge in [0.05, 0.1) is 33.3 Å². The van der Waals surface area contributed by atoms with Crippen LogP contribution in [0.1, 0.15) is 34.1 Å². The molecule has 7 nitrogen and oxygen atoms in total. The molecule has 242 valence electrons. The second-order valence-electron chi connectivity index (χ2n) is 10.6. The summed E-state index contributed by atoms with van der Waals surface area (Å²) in [5.74, 6) is 0.0958. The van der Waals surface area contributed by atoms with Gasteiger partial charge in [-0.2, -0.15) is 13.2 Å². The molecule has 0 aliphatic carbocycles. The third-order valence-electron chi connectivity index (χ3n) is 7.44. The predicted octanol–water partition coefficient (Wildman–Crippen LogP) is 7.17. The van der Waals surface area contributed by atoms with Crippen LogP contribution in [0.5, 0.6) is 5.75 Å². The number of nitrogens with zero attached hydrogens (tertiary/aromatic N) is 2. The van der Waals surface area contributed by atoms with Crippen molar-refractivity contribution >= 4 is 21.8 Å². The van der Waals surface area contributed by atoms with E-state index in [-0.39, 0.29) is 11.5 Å². The number of fused-ring (bicyclic) bond motifs is 1. The van der Waals surface area contributed by atoms with Gasteiger partial charge < -0.3 is 19.9 Å². The smallest absolute Gasteiger partial charge is 0.422 e. The Morgan fingerprint density at radius 1 is 0.830 bits per heavy atom. The number of benzene rings is 4. The lowest BCUT2D eigenvalue weighted by Gasteiger charge is -2.34. The highest BCUT2D eigenvalue weighted by Crippen LogP contribution is 2.40. The maximum Gasteiger partial charge on any atom is 0.422 e. The first-order valence-electron chi connectivity index (χ1n) is 14.6. The van der Waals surface area contributed by atoms with E-state index in [0.29, 0.717) is 38.6 Å². The van der Waals surface area contributed by atoms with E-state index in [1.165, 1.54) is 12.3 Å². The molecule has 0 saturated carbocycles. The number of rotatable bonds is 9. The molecule has 4 aromatic carbocycles. The molecule has 0 aliphatic rings. The van der Waals surface area contributed by atoms with Crippen molar-refractivity contribution in [3.8, 4) is 5.75 Å². The molecule has 0 fully saturated rings. The minimum atomic E-state index is -4.42. The lowest BCUT2D eigenvalue weighted by atomic mass is 9.79. The van der Waals surface area contributed by atoms with Crippen LogP contribution in [-0.4, -0.2) is 42.2 Å². The molecule has 2 atom stereocenters. The van der Waals surface area contributed by atoms with Gasteiger partial charge in [-0.1, -0.05) is 103 Å². The Morgan fingerprint density at radius 2 is 1.38 bits per heavy atom. The molecule has 6 aromatic rings. The molecule has 6 rings (SSSR count). The number of pyridine rings is 1. The number of aliphatic hydroxyl groups is 2. The van der Waals surface area contributed by atoms with Crippen molar-refractivity contribution in [1.82, 2.24) is 15.0 Å². The number of halogens is 3. The molecule has 0 spiro atoms. The van der Waals surface area contributed by atoms with Crippen molar-refractivity contribution in [3.05, 3.63) is 155 Å². The molecule has 0 aliphatic heterocycles. The standard InChI is InChI=1S/C20H18O2.C16H14F3N3O2S/c21-19(16-10-4-1-5-11-16)20(22,17-12-6-2-7-13-17)18-14-8-3-9-15-18;1-10-13(20-7-6-14(10)24-9-16(17,18)19)8-25(23)15-21-11-4-2-3-5-12(11)22-15/h1-15,19,21-22H;2-7H,8-9H2,1H3,(H,21,22)/t19-;/m0./s1. The molecule has 1 unspecified atom stereocenters. The highest BCUT2D eigenvalue weighted by molar-refractivity contribution is 7.84. The van der Waals surface area contributed by atoms with Crippen LogP contribution in [0.3, 0.4) is 0 Å². The van der Waals surface area contributed by atoms with Crippen molar-refractivity contribution < 1.29 is 32.3 Å². The molecule has 0 bridgehead atoms. The van der Waals surface area contributed by atoms with Crippen molar-refractivity contribution in [1.29, 1.82) is 0 Å². The number of ether oxygens (including phenoxy) is 1. The number of aromatic amines is 1. The highest BCUT2D eigenvalue weighted by Gasteiger charge is 2.40. The summed E-state index contributed by atoms with van der Waals surface area (Å²) in [6, 6.07) is 36.4. The zero-order valence-corrected chi connectivity index (χ0v) is 26.1. The Morgan fingerprint density at radius 3 is 1.96 bits per heavy atom.